The van der Waals surface area contributed by atoms with Gasteiger partial charge in [0.25, 0.3) is 0 Å². The molecule has 1 N–H and O–H groups in total. The highest BCUT2D eigenvalue weighted by molar-refractivity contribution is 9.10. The lowest BCUT2D eigenvalue weighted by Gasteiger charge is -2.14. The molecule has 0 saturated heterocycles. The molecule has 0 bridgehead atoms. The molecule has 0 fully saturated rings. The van der Waals surface area contributed by atoms with Gasteiger partial charge in [-0.3, -0.25) is 0 Å². The third-order valence-electron chi connectivity index (χ3n) is 3.04. The Hall–Kier alpha value is -1.59. The van der Waals surface area contributed by atoms with Gasteiger partial charge in [0, 0.05) is 10.0 Å². The van der Waals surface area contributed by atoms with Gasteiger partial charge in [-0.2, -0.15) is 0 Å². The molecule has 0 aliphatic carbocycles. The van der Waals surface area contributed by atoms with Crippen LogP contribution in [0.1, 0.15) is 24.2 Å². The number of hydrogen-bond donors (Lipinski definition) is 1. The van der Waals surface area contributed by atoms with E-state index in [2.05, 4.69) is 15.9 Å². The summed E-state index contributed by atoms with van der Waals surface area (Å²) in [5, 5.41) is 9.73. The predicted molar refractivity (Wildman–Crippen MR) is 82.1 cm³/mol. The quantitative estimate of drug-likeness (QED) is 0.873. The first-order chi connectivity index (χ1) is 10.0. The average Bonchev–Trinajstić information content (AvgIpc) is 2.45. The normalized spacial score (nSPS) is 12.0. The van der Waals surface area contributed by atoms with E-state index in [0.29, 0.717) is 16.9 Å². The van der Waals surface area contributed by atoms with E-state index in [1.807, 2.05) is 6.07 Å². The number of aliphatic hydroxyl groups excluding tert-OH is 1. The van der Waals surface area contributed by atoms with Crippen molar-refractivity contribution >= 4 is 15.9 Å². The van der Waals surface area contributed by atoms with Gasteiger partial charge in [-0.15, -0.1) is 0 Å². The van der Waals surface area contributed by atoms with Crippen LogP contribution in [-0.2, 0) is 6.61 Å². The van der Waals surface area contributed by atoms with Crippen molar-refractivity contribution in [3.63, 3.8) is 0 Å². The first-order valence-corrected chi connectivity index (χ1v) is 7.23. The van der Waals surface area contributed by atoms with Gasteiger partial charge in [0.05, 0.1) is 13.2 Å². The second kappa shape index (κ2) is 6.91. The maximum Gasteiger partial charge on any atom is 0.165 e. The number of halogens is 2. The van der Waals surface area contributed by atoms with Crippen LogP contribution < -0.4 is 9.47 Å². The maximum absolute atomic E-state index is 13.6. The van der Waals surface area contributed by atoms with Crippen molar-refractivity contribution < 1.29 is 19.0 Å². The van der Waals surface area contributed by atoms with Crippen molar-refractivity contribution in [1.82, 2.24) is 0 Å². The molecule has 0 spiro atoms. The zero-order chi connectivity index (χ0) is 15.4. The van der Waals surface area contributed by atoms with E-state index in [4.69, 9.17) is 9.47 Å². The summed E-state index contributed by atoms with van der Waals surface area (Å²) in [4.78, 5) is 0. The Morgan fingerprint density at radius 2 is 1.95 bits per heavy atom. The van der Waals surface area contributed by atoms with Crippen molar-refractivity contribution in [3.05, 3.63) is 57.8 Å². The molecule has 0 aromatic heterocycles. The molecule has 0 aliphatic rings. The number of ether oxygens (including phenoxy) is 2. The summed E-state index contributed by atoms with van der Waals surface area (Å²) in [6.07, 6.45) is -0.638. The monoisotopic (exact) mass is 354 g/mol. The summed E-state index contributed by atoms with van der Waals surface area (Å²) in [5.41, 5.74) is 1.37. The van der Waals surface area contributed by atoms with E-state index in [1.54, 1.807) is 31.2 Å². The van der Waals surface area contributed by atoms with Crippen molar-refractivity contribution in [2.24, 2.45) is 0 Å². The number of hydrogen-bond acceptors (Lipinski definition) is 3. The van der Waals surface area contributed by atoms with E-state index in [0.717, 1.165) is 4.47 Å². The molecule has 2 aromatic carbocycles. The second-order valence-corrected chi connectivity index (χ2v) is 5.53. The van der Waals surface area contributed by atoms with Crippen molar-refractivity contribution in [1.29, 1.82) is 0 Å². The van der Waals surface area contributed by atoms with Gasteiger partial charge < -0.3 is 14.6 Å². The molecule has 0 aliphatic heterocycles. The topological polar surface area (TPSA) is 38.7 Å². The Labute approximate surface area is 131 Å². The molecular formula is C16H16BrFO3. The molecule has 0 amide bonds. The van der Waals surface area contributed by atoms with Crippen molar-refractivity contribution in [3.8, 4) is 11.5 Å². The number of methoxy groups -OCH3 is 1. The second-order valence-electron chi connectivity index (χ2n) is 4.62. The van der Waals surface area contributed by atoms with Crippen molar-refractivity contribution in [2.45, 2.75) is 19.6 Å². The van der Waals surface area contributed by atoms with Gasteiger partial charge in [-0.1, -0.05) is 28.1 Å². The zero-order valence-corrected chi connectivity index (χ0v) is 13.4. The Bertz CT molecular complexity index is 629. The fourth-order valence-electron chi connectivity index (χ4n) is 1.94. The summed E-state index contributed by atoms with van der Waals surface area (Å²) in [5.74, 6) is 0.338. The molecule has 3 nitrogen and oxygen atoms in total. The molecule has 2 aromatic rings. The Morgan fingerprint density at radius 3 is 2.57 bits per heavy atom. The highest BCUT2D eigenvalue weighted by atomic mass is 79.9. The first-order valence-electron chi connectivity index (χ1n) is 6.44. The summed E-state index contributed by atoms with van der Waals surface area (Å²) < 4.78 is 25.0. The lowest BCUT2D eigenvalue weighted by atomic mass is 10.1. The summed E-state index contributed by atoms with van der Waals surface area (Å²) in [7, 11) is 1.42. The third-order valence-corrected chi connectivity index (χ3v) is 3.53. The maximum atomic E-state index is 13.6. The SMILES string of the molecule is COc1ccc(COc2cc(Br)ccc2[C@H](C)O)cc1F. The van der Waals surface area contributed by atoms with Gasteiger partial charge in [-0.05, 0) is 36.8 Å². The number of aliphatic hydroxyl groups is 1. The number of rotatable bonds is 5. The molecular weight excluding hydrogens is 339 g/mol. The Balaban J connectivity index is 2.16. The minimum atomic E-state index is -0.638. The van der Waals surface area contributed by atoms with E-state index in [-0.39, 0.29) is 12.4 Å². The standard InChI is InChI=1S/C16H16BrFO3/c1-10(19)13-5-4-12(17)8-16(13)21-9-11-3-6-15(20-2)14(18)7-11/h3-8,10,19H,9H2,1-2H3/t10-/m0/s1. The van der Waals surface area contributed by atoms with Crippen LogP contribution in [0.25, 0.3) is 0 Å². The van der Waals surface area contributed by atoms with E-state index < -0.39 is 11.9 Å². The predicted octanol–water partition coefficient (Wildman–Crippen LogP) is 4.23. The van der Waals surface area contributed by atoms with Crippen LogP contribution >= 0.6 is 15.9 Å². The Morgan fingerprint density at radius 1 is 1.19 bits per heavy atom. The van der Waals surface area contributed by atoms with Crippen molar-refractivity contribution in [2.75, 3.05) is 7.11 Å². The van der Waals surface area contributed by atoms with Crippen LogP contribution in [0.2, 0.25) is 0 Å². The average molecular weight is 355 g/mol. The highest BCUT2D eigenvalue weighted by Gasteiger charge is 2.11. The molecule has 0 radical (unpaired) electrons. The van der Waals surface area contributed by atoms with Crippen LogP contribution in [0, 0.1) is 5.82 Å². The molecule has 21 heavy (non-hydrogen) atoms. The molecule has 2 rings (SSSR count). The lowest BCUT2D eigenvalue weighted by Crippen LogP contribution is -2.01. The molecule has 1 atom stereocenters. The lowest BCUT2D eigenvalue weighted by molar-refractivity contribution is 0.190. The van der Waals surface area contributed by atoms with E-state index in [1.165, 1.54) is 13.2 Å². The summed E-state index contributed by atoms with van der Waals surface area (Å²) >= 11 is 3.36. The van der Waals surface area contributed by atoms with E-state index in [9.17, 15) is 9.50 Å². The number of benzene rings is 2. The van der Waals surface area contributed by atoms with Crippen LogP contribution in [0.3, 0.4) is 0 Å². The van der Waals surface area contributed by atoms with Gasteiger partial charge in [0.2, 0.25) is 0 Å². The summed E-state index contributed by atoms with van der Waals surface area (Å²) in [6, 6.07) is 10.1. The largest absolute Gasteiger partial charge is 0.494 e. The van der Waals surface area contributed by atoms with Crippen LogP contribution in [-0.4, -0.2) is 12.2 Å². The van der Waals surface area contributed by atoms with Crippen LogP contribution in [0.15, 0.2) is 40.9 Å². The zero-order valence-electron chi connectivity index (χ0n) is 11.8. The molecule has 112 valence electrons. The van der Waals surface area contributed by atoms with Gasteiger partial charge in [0.1, 0.15) is 12.4 Å². The van der Waals surface area contributed by atoms with Gasteiger partial charge in [0.15, 0.2) is 11.6 Å². The highest BCUT2D eigenvalue weighted by Crippen LogP contribution is 2.29. The smallest absolute Gasteiger partial charge is 0.165 e. The minimum absolute atomic E-state index is 0.200. The molecule has 0 heterocycles. The molecule has 5 heteroatoms. The van der Waals surface area contributed by atoms with E-state index >= 15 is 0 Å². The molecule has 0 saturated carbocycles. The van der Waals surface area contributed by atoms with Gasteiger partial charge >= 0.3 is 0 Å². The summed E-state index contributed by atoms with van der Waals surface area (Å²) in [6.45, 7) is 1.88. The molecule has 0 unspecified atom stereocenters. The minimum Gasteiger partial charge on any atom is -0.494 e. The fraction of sp³-hybridized carbons (Fsp3) is 0.250. The Kier molecular flexibility index (Phi) is 5.20. The fourth-order valence-corrected chi connectivity index (χ4v) is 2.28. The van der Waals surface area contributed by atoms with Crippen LogP contribution in [0.4, 0.5) is 4.39 Å². The van der Waals surface area contributed by atoms with Crippen LogP contribution in [0.5, 0.6) is 11.5 Å². The first kappa shape index (κ1) is 15.8. The van der Waals surface area contributed by atoms with Gasteiger partial charge in [-0.25, -0.2) is 4.39 Å². The third kappa shape index (κ3) is 3.95.